The maximum atomic E-state index is 12.1. The topological polar surface area (TPSA) is 103 Å². The van der Waals surface area contributed by atoms with Gasteiger partial charge < -0.3 is 10.1 Å². The van der Waals surface area contributed by atoms with Gasteiger partial charge in [0.2, 0.25) is 0 Å². The third-order valence-electron chi connectivity index (χ3n) is 2.99. The fourth-order valence-electron chi connectivity index (χ4n) is 1.96. The highest BCUT2D eigenvalue weighted by atomic mass is 32.2. The Balaban J connectivity index is 2.24. The predicted octanol–water partition coefficient (Wildman–Crippen LogP) is -0.249. The number of aliphatic carboxylic acids is 1. The van der Waals surface area contributed by atoms with Gasteiger partial charge in [0, 0.05) is 13.1 Å². The van der Waals surface area contributed by atoms with Crippen molar-refractivity contribution in [2.75, 3.05) is 13.1 Å². The van der Waals surface area contributed by atoms with Gasteiger partial charge in [-0.1, -0.05) is 6.92 Å². The summed E-state index contributed by atoms with van der Waals surface area (Å²) in [6.45, 7) is 1.97. The molecule has 1 aromatic rings. The van der Waals surface area contributed by atoms with Crippen molar-refractivity contribution in [3.05, 3.63) is 12.5 Å². The van der Waals surface area contributed by atoms with Crippen LogP contribution in [0.25, 0.3) is 0 Å². The number of carboxylic acid groups (broad SMARTS) is 1. The number of nitrogens with one attached hydrogen (secondary N) is 1. The highest BCUT2D eigenvalue weighted by Gasteiger charge is 2.41. The predicted molar refractivity (Wildman–Crippen MR) is 57.6 cm³/mol. The van der Waals surface area contributed by atoms with Crippen molar-refractivity contribution in [3.8, 4) is 0 Å². The number of sulfonamides is 1. The number of carboxylic acids is 1. The second-order valence-electron chi connectivity index (χ2n) is 4.16. The molecule has 0 aliphatic carbocycles. The molecule has 94 valence electrons. The number of hydrogen-bond acceptors (Lipinski definition) is 4. The molecule has 7 nitrogen and oxygen atoms in total. The fourth-order valence-corrected chi connectivity index (χ4v) is 3.43. The summed E-state index contributed by atoms with van der Waals surface area (Å²) in [6, 6.07) is 0. The van der Waals surface area contributed by atoms with Crippen molar-refractivity contribution in [1.82, 2.24) is 14.3 Å². The summed E-state index contributed by atoms with van der Waals surface area (Å²) in [6.07, 6.45) is 2.50. The Morgan fingerprint density at radius 3 is 2.76 bits per heavy atom. The van der Waals surface area contributed by atoms with Crippen LogP contribution in [0, 0.1) is 11.8 Å². The van der Waals surface area contributed by atoms with Gasteiger partial charge in [-0.2, -0.15) is 4.31 Å². The van der Waals surface area contributed by atoms with Crippen LogP contribution in [0.1, 0.15) is 6.92 Å². The molecule has 2 rings (SSSR count). The molecular weight excluding hydrogens is 246 g/mol. The smallest absolute Gasteiger partial charge is 0.308 e. The van der Waals surface area contributed by atoms with E-state index < -0.39 is 21.9 Å². The molecule has 17 heavy (non-hydrogen) atoms. The summed E-state index contributed by atoms with van der Waals surface area (Å²) in [5.74, 6) is -1.79. The molecule has 2 N–H and O–H groups in total. The first-order valence-electron chi connectivity index (χ1n) is 5.14. The monoisotopic (exact) mass is 259 g/mol. The first-order chi connectivity index (χ1) is 7.93. The van der Waals surface area contributed by atoms with Crippen molar-refractivity contribution in [2.24, 2.45) is 11.8 Å². The lowest BCUT2D eigenvalue weighted by Crippen LogP contribution is -2.30. The van der Waals surface area contributed by atoms with Crippen LogP contribution in [-0.4, -0.2) is 46.9 Å². The quantitative estimate of drug-likeness (QED) is 0.779. The first-order valence-corrected chi connectivity index (χ1v) is 6.58. The molecule has 0 spiro atoms. The van der Waals surface area contributed by atoms with E-state index in [2.05, 4.69) is 9.97 Å². The molecule has 0 saturated carbocycles. The molecular formula is C9H13N3O4S. The summed E-state index contributed by atoms with van der Waals surface area (Å²) in [5.41, 5.74) is 0. The zero-order valence-corrected chi connectivity index (χ0v) is 10.0. The van der Waals surface area contributed by atoms with E-state index >= 15 is 0 Å². The van der Waals surface area contributed by atoms with Crippen molar-refractivity contribution < 1.29 is 18.3 Å². The van der Waals surface area contributed by atoms with Gasteiger partial charge in [-0.15, -0.1) is 0 Å². The minimum atomic E-state index is -3.64. The second kappa shape index (κ2) is 4.11. The van der Waals surface area contributed by atoms with Gasteiger partial charge in [0.25, 0.3) is 10.0 Å². The van der Waals surface area contributed by atoms with E-state index in [-0.39, 0.29) is 24.0 Å². The molecule has 1 saturated heterocycles. The third kappa shape index (κ3) is 2.05. The van der Waals surface area contributed by atoms with E-state index in [9.17, 15) is 13.2 Å². The van der Waals surface area contributed by atoms with Crippen LogP contribution in [-0.2, 0) is 14.8 Å². The van der Waals surface area contributed by atoms with Crippen LogP contribution >= 0.6 is 0 Å². The van der Waals surface area contributed by atoms with Gasteiger partial charge >= 0.3 is 5.97 Å². The minimum absolute atomic E-state index is 0.00395. The van der Waals surface area contributed by atoms with E-state index in [4.69, 9.17) is 5.11 Å². The zero-order chi connectivity index (χ0) is 12.6. The van der Waals surface area contributed by atoms with Crippen molar-refractivity contribution in [3.63, 3.8) is 0 Å². The lowest BCUT2D eigenvalue weighted by molar-refractivity contribution is -0.142. The van der Waals surface area contributed by atoms with Crippen LogP contribution in [0.2, 0.25) is 0 Å². The molecule has 2 heterocycles. The van der Waals surface area contributed by atoms with Crippen LogP contribution in [0.15, 0.2) is 17.6 Å². The van der Waals surface area contributed by atoms with Crippen LogP contribution in [0.4, 0.5) is 0 Å². The van der Waals surface area contributed by atoms with Gasteiger partial charge in [0.1, 0.15) is 0 Å². The largest absolute Gasteiger partial charge is 0.481 e. The minimum Gasteiger partial charge on any atom is -0.481 e. The molecule has 0 aromatic carbocycles. The summed E-state index contributed by atoms with van der Waals surface area (Å²) in [7, 11) is -3.64. The Kier molecular flexibility index (Phi) is 2.92. The van der Waals surface area contributed by atoms with E-state index in [0.717, 1.165) is 0 Å². The van der Waals surface area contributed by atoms with Crippen LogP contribution in [0.3, 0.4) is 0 Å². The number of imidazole rings is 1. The third-order valence-corrected chi connectivity index (χ3v) is 4.74. The molecule has 0 radical (unpaired) electrons. The van der Waals surface area contributed by atoms with Crippen LogP contribution < -0.4 is 0 Å². The number of nitrogens with zero attached hydrogens (tertiary/aromatic N) is 2. The average Bonchev–Trinajstić information content (AvgIpc) is 2.84. The van der Waals surface area contributed by atoms with Crippen molar-refractivity contribution in [1.29, 1.82) is 0 Å². The van der Waals surface area contributed by atoms with Gasteiger partial charge in [0.15, 0.2) is 5.03 Å². The number of carbonyl (C=O) groups is 1. The van der Waals surface area contributed by atoms with Crippen molar-refractivity contribution >= 4 is 16.0 Å². The summed E-state index contributed by atoms with van der Waals surface area (Å²) >= 11 is 0. The number of H-pyrrole nitrogens is 1. The van der Waals surface area contributed by atoms with E-state index in [1.807, 2.05) is 0 Å². The zero-order valence-electron chi connectivity index (χ0n) is 9.20. The second-order valence-corrected chi connectivity index (χ2v) is 6.07. The highest BCUT2D eigenvalue weighted by Crippen LogP contribution is 2.27. The summed E-state index contributed by atoms with van der Waals surface area (Å²) in [5, 5.41) is 8.95. The Bertz CT molecular complexity index is 510. The summed E-state index contributed by atoms with van der Waals surface area (Å²) < 4.78 is 25.3. The number of hydrogen-bond donors (Lipinski definition) is 2. The van der Waals surface area contributed by atoms with E-state index in [0.29, 0.717) is 0 Å². The molecule has 0 bridgehead atoms. The van der Waals surface area contributed by atoms with Crippen molar-refractivity contribution in [2.45, 2.75) is 11.9 Å². The molecule has 1 aromatic heterocycles. The molecule has 8 heteroatoms. The van der Waals surface area contributed by atoms with Gasteiger partial charge in [-0.3, -0.25) is 4.79 Å². The molecule has 0 unspecified atom stereocenters. The normalized spacial score (nSPS) is 26.2. The standard InChI is InChI=1S/C9H13N3O4S/c1-6-3-12(4-7(6)9(13)14)17(15,16)8-2-10-5-11-8/h2,5-7H,3-4H2,1H3,(H,10,11)(H,13,14)/t6-,7-/m1/s1. The van der Waals surface area contributed by atoms with Gasteiger partial charge in [0.05, 0.1) is 18.4 Å². The Morgan fingerprint density at radius 1 is 1.59 bits per heavy atom. The Hall–Kier alpha value is -1.41. The summed E-state index contributed by atoms with van der Waals surface area (Å²) in [4.78, 5) is 17.1. The van der Waals surface area contributed by atoms with E-state index in [1.54, 1.807) is 6.92 Å². The van der Waals surface area contributed by atoms with E-state index in [1.165, 1.54) is 16.8 Å². The number of aromatic amines is 1. The molecule has 1 fully saturated rings. The van der Waals surface area contributed by atoms with Gasteiger partial charge in [-0.05, 0) is 5.92 Å². The Morgan fingerprint density at radius 2 is 2.29 bits per heavy atom. The van der Waals surface area contributed by atoms with Crippen LogP contribution in [0.5, 0.6) is 0 Å². The lowest BCUT2D eigenvalue weighted by atomic mass is 9.99. The molecule has 0 amide bonds. The fraction of sp³-hybridized carbons (Fsp3) is 0.556. The molecule has 1 aliphatic rings. The first kappa shape index (κ1) is 12.1. The molecule has 1 aliphatic heterocycles. The lowest BCUT2D eigenvalue weighted by Gasteiger charge is -2.13. The maximum absolute atomic E-state index is 12.1. The van der Waals surface area contributed by atoms with Gasteiger partial charge in [-0.25, -0.2) is 13.4 Å². The number of aromatic nitrogens is 2. The molecule has 2 atom stereocenters. The highest BCUT2D eigenvalue weighted by molar-refractivity contribution is 7.89. The number of rotatable bonds is 3. The average molecular weight is 259 g/mol. The Labute approximate surface area is 98.5 Å². The SMILES string of the molecule is C[C@@H]1CN(S(=O)(=O)c2cnc[nH]2)C[C@H]1C(=O)O. The maximum Gasteiger partial charge on any atom is 0.308 e.